The summed E-state index contributed by atoms with van der Waals surface area (Å²) in [6, 6.07) is 7.73. The number of rotatable bonds is 4. The number of aliphatic hydroxyl groups excluding tert-OH is 1. The Bertz CT molecular complexity index is 496. The molecule has 0 amide bonds. The molecule has 2 rings (SSSR count). The van der Waals surface area contributed by atoms with Crippen LogP contribution in [0.25, 0.3) is 0 Å². The fourth-order valence-electron chi connectivity index (χ4n) is 1.66. The summed E-state index contributed by atoms with van der Waals surface area (Å²) in [7, 11) is 1.64. The van der Waals surface area contributed by atoms with Gasteiger partial charge in [-0.05, 0) is 24.6 Å². The molecular formula is C13H15NO2S. The molecule has 0 aliphatic rings. The molecule has 17 heavy (non-hydrogen) atoms. The quantitative estimate of drug-likeness (QED) is 0.906. The second-order valence-electron chi connectivity index (χ2n) is 3.86. The maximum absolute atomic E-state index is 10.1. The number of methoxy groups -OCH3 is 1. The number of thiazole rings is 1. The van der Waals surface area contributed by atoms with Crippen LogP contribution < -0.4 is 4.74 Å². The normalized spacial score (nSPS) is 12.4. The molecular weight excluding hydrogens is 234 g/mol. The second kappa shape index (κ2) is 5.29. The molecule has 0 fully saturated rings. The van der Waals surface area contributed by atoms with Crippen molar-refractivity contribution in [3.05, 3.63) is 45.9 Å². The van der Waals surface area contributed by atoms with Crippen molar-refractivity contribution in [3.63, 3.8) is 0 Å². The Morgan fingerprint density at radius 3 is 2.94 bits per heavy atom. The summed E-state index contributed by atoms with van der Waals surface area (Å²) < 4.78 is 5.15. The van der Waals surface area contributed by atoms with E-state index in [2.05, 4.69) is 4.98 Å². The molecule has 90 valence electrons. The summed E-state index contributed by atoms with van der Waals surface area (Å²) in [4.78, 5) is 4.29. The van der Waals surface area contributed by atoms with Crippen molar-refractivity contribution in [2.45, 2.75) is 19.4 Å². The molecule has 1 heterocycles. The highest BCUT2D eigenvalue weighted by molar-refractivity contribution is 7.09. The predicted molar refractivity (Wildman–Crippen MR) is 68.5 cm³/mol. The first-order valence-electron chi connectivity index (χ1n) is 5.42. The third-order valence-electron chi connectivity index (χ3n) is 2.54. The first kappa shape index (κ1) is 12.1. The Balaban J connectivity index is 2.09. The Morgan fingerprint density at radius 1 is 1.47 bits per heavy atom. The summed E-state index contributed by atoms with van der Waals surface area (Å²) in [6.07, 6.45) is 0.00690. The van der Waals surface area contributed by atoms with Crippen LogP contribution in [0.5, 0.6) is 5.75 Å². The fraction of sp³-hybridized carbons (Fsp3) is 0.308. The predicted octanol–water partition coefficient (Wildman–Crippen LogP) is 2.74. The van der Waals surface area contributed by atoms with Crippen LogP contribution in [0.1, 0.15) is 22.4 Å². The second-order valence-corrected chi connectivity index (χ2v) is 4.93. The molecule has 0 radical (unpaired) electrons. The first-order valence-corrected chi connectivity index (χ1v) is 6.30. The van der Waals surface area contributed by atoms with Gasteiger partial charge in [-0.2, -0.15) is 0 Å². The van der Waals surface area contributed by atoms with Crippen LogP contribution >= 0.6 is 11.3 Å². The van der Waals surface area contributed by atoms with Crippen molar-refractivity contribution in [2.75, 3.05) is 7.11 Å². The molecule has 0 spiro atoms. The SMILES string of the molecule is COc1cccc(CC(O)c2csc(C)n2)c1. The minimum absolute atomic E-state index is 0.549. The van der Waals surface area contributed by atoms with Crippen LogP contribution in [0.3, 0.4) is 0 Å². The van der Waals surface area contributed by atoms with Crippen LogP contribution in [0.2, 0.25) is 0 Å². The van der Waals surface area contributed by atoms with Gasteiger partial charge in [0.2, 0.25) is 0 Å². The molecule has 1 aromatic heterocycles. The van der Waals surface area contributed by atoms with Crippen molar-refractivity contribution in [3.8, 4) is 5.75 Å². The van der Waals surface area contributed by atoms with E-state index in [0.29, 0.717) is 6.42 Å². The molecule has 0 aliphatic heterocycles. The zero-order chi connectivity index (χ0) is 12.3. The Hall–Kier alpha value is -1.39. The Kier molecular flexibility index (Phi) is 3.76. The molecule has 0 aliphatic carbocycles. The molecule has 0 bridgehead atoms. The van der Waals surface area contributed by atoms with E-state index in [4.69, 9.17) is 4.74 Å². The van der Waals surface area contributed by atoms with Crippen molar-refractivity contribution < 1.29 is 9.84 Å². The summed E-state index contributed by atoms with van der Waals surface area (Å²) in [5.41, 5.74) is 1.79. The molecule has 0 saturated carbocycles. The number of ether oxygens (including phenoxy) is 1. The average Bonchev–Trinajstić information content (AvgIpc) is 2.76. The third kappa shape index (κ3) is 3.05. The van der Waals surface area contributed by atoms with E-state index in [9.17, 15) is 5.11 Å². The number of benzene rings is 1. The number of aromatic nitrogens is 1. The van der Waals surface area contributed by atoms with Crippen LogP contribution in [-0.4, -0.2) is 17.2 Å². The van der Waals surface area contributed by atoms with Gasteiger partial charge in [0.25, 0.3) is 0 Å². The number of hydrogen-bond donors (Lipinski definition) is 1. The molecule has 4 heteroatoms. The lowest BCUT2D eigenvalue weighted by atomic mass is 10.1. The van der Waals surface area contributed by atoms with Crippen molar-refractivity contribution in [1.82, 2.24) is 4.98 Å². The summed E-state index contributed by atoms with van der Waals surface area (Å²) >= 11 is 1.56. The van der Waals surface area contributed by atoms with E-state index in [1.54, 1.807) is 18.4 Å². The van der Waals surface area contributed by atoms with Gasteiger partial charge < -0.3 is 9.84 Å². The monoisotopic (exact) mass is 249 g/mol. The summed E-state index contributed by atoms with van der Waals surface area (Å²) in [6.45, 7) is 1.94. The molecule has 0 saturated heterocycles. The molecule has 1 aromatic carbocycles. The van der Waals surface area contributed by atoms with Gasteiger partial charge >= 0.3 is 0 Å². The smallest absolute Gasteiger partial charge is 0.119 e. The zero-order valence-electron chi connectivity index (χ0n) is 9.88. The van der Waals surface area contributed by atoms with Gasteiger partial charge in [-0.3, -0.25) is 0 Å². The van der Waals surface area contributed by atoms with Crippen LogP contribution in [0, 0.1) is 6.92 Å². The third-order valence-corrected chi connectivity index (χ3v) is 3.33. The molecule has 3 nitrogen and oxygen atoms in total. The van der Waals surface area contributed by atoms with Gasteiger partial charge in [0.05, 0.1) is 17.8 Å². The fourth-order valence-corrected chi connectivity index (χ4v) is 2.32. The first-order chi connectivity index (χ1) is 8.19. The van der Waals surface area contributed by atoms with E-state index >= 15 is 0 Å². The maximum atomic E-state index is 10.1. The van der Waals surface area contributed by atoms with E-state index in [1.165, 1.54) is 0 Å². The molecule has 2 aromatic rings. The van der Waals surface area contributed by atoms with Crippen LogP contribution in [-0.2, 0) is 6.42 Å². The van der Waals surface area contributed by atoms with E-state index < -0.39 is 6.10 Å². The van der Waals surface area contributed by atoms with Gasteiger partial charge in [0.15, 0.2) is 0 Å². The average molecular weight is 249 g/mol. The highest BCUT2D eigenvalue weighted by Crippen LogP contribution is 2.22. The van der Waals surface area contributed by atoms with E-state index in [-0.39, 0.29) is 0 Å². The van der Waals surface area contributed by atoms with Gasteiger partial charge in [-0.1, -0.05) is 12.1 Å². The Morgan fingerprint density at radius 2 is 2.29 bits per heavy atom. The van der Waals surface area contributed by atoms with Gasteiger partial charge in [-0.15, -0.1) is 11.3 Å². The van der Waals surface area contributed by atoms with Crippen LogP contribution in [0.15, 0.2) is 29.6 Å². The van der Waals surface area contributed by atoms with Crippen molar-refractivity contribution in [1.29, 1.82) is 0 Å². The minimum Gasteiger partial charge on any atom is -0.497 e. The minimum atomic E-state index is -0.549. The van der Waals surface area contributed by atoms with Gasteiger partial charge in [0.1, 0.15) is 11.9 Å². The number of nitrogens with zero attached hydrogens (tertiary/aromatic N) is 1. The number of hydrogen-bond acceptors (Lipinski definition) is 4. The Labute approximate surface area is 105 Å². The molecule has 1 unspecified atom stereocenters. The summed E-state index contributed by atoms with van der Waals surface area (Å²) in [5, 5.41) is 12.9. The van der Waals surface area contributed by atoms with Gasteiger partial charge in [-0.25, -0.2) is 4.98 Å². The standard InChI is InChI=1S/C13H15NO2S/c1-9-14-12(8-17-9)13(15)7-10-4-3-5-11(6-10)16-2/h3-6,8,13,15H,7H2,1-2H3. The lowest BCUT2D eigenvalue weighted by Crippen LogP contribution is -2.02. The zero-order valence-corrected chi connectivity index (χ0v) is 10.7. The van der Waals surface area contributed by atoms with Gasteiger partial charge in [0, 0.05) is 11.8 Å². The highest BCUT2D eigenvalue weighted by Gasteiger charge is 2.11. The number of aliphatic hydroxyl groups is 1. The lowest BCUT2D eigenvalue weighted by molar-refractivity contribution is 0.174. The van der Waals surface area contributed by atoms with E-state index in [0.717, 1.165) is 22.0 Å². The maximum Gasteiger partial charge on any atom is 0.119 e. The van der Waals surface area contributed by atoms with Crippen molar-refractivity contribution >= 4 is 11.3 Å². The van der Waals surface area contributed by atoms with Crippen LogP contribution in [0.4, 0.5) is 0 Å². The highest BCUT2D eigenvalue weighted by atomic mass is 32.1. The van der Waals surface area contributed by atoms with Crippen molar-refractivity contribution in [2.24, 2.45) is 0 Å². The molecule has 1 atom stereocenters. The summed E-state index contributed by atoms with van der Waals surface area (Å²) in [5.74, 6) is 0.809. The lowest BCUT2D eigenvalue weighted by Gasteiger charge is -2.09. The topological polar surface area (TPSA) is 42.4 Å². The van der Waals surface area contributed by atoms with E-state index in [1.807, 2.05) is 36.6 Å². The largest absolute Gasteiger partial charge is 0.497 e. The molecule has 1 N–H and O–H groups in total. The number of aryl methyl sites for hydroxylation is 1.